The van der Waals surface area contributed by atoms with Gasteiger partial charge in [0.1, 0.15) is 0 Å². The van der Waals surface area contributed by atoms with E-state index in [0.717, 1.165) is 19.7 Å². The molecule has 104 valence electrons. The number of aliphatic hydroxyl groups excluding tert-OH is 1. The fraction of sp³-hybridized carbons (Fsp3) is 1.00. The van der Waals surface area contributed by atoms with Gasteiger partial charge in [-0.2, -0.15) is 0 Å². The summed E-state index contributed by atoms with van der Waals surface area (Å²) in [6.45, 7) is 9.32. The zero-order chi connectivity index (χ0) is 12.9. The van der Waals surface area contributed by atoms with Crippen molar-refractivity contribution >= 4 is 0 Å². The first-order valence-corrected chi connectivity index (χ1v) is 6.29. The van der Waals surface area contributed by atoms with Crippen LogP contribution in [0, 0.1) is 0 Å². The second kappa shape index (κ2) is 12.3. The van der Waals surface area contributed by atoms with Gasteiger partial charge in [0.15, 0.2) is 0 Å². The molecule has 1 unspecified atom stereocenters. The second-order valence-electron chi connectivity index (χ2n) is 3.81. The summed E-state index contributed by atoms with van der Waals surface area (Å²) in [6.07, 6.45) is -0.451. The Balaban J connectivity index is 3.55. The van der Waals surface area contributed by atoms with Crippen molar-refractivity contribution in [2.45, 2.75) is 20.0 Å². The highest BCUT2D eigenvalue weighted by molar-refractivity contribution is 4.62. The van der Waals surface area contributed by atoms with Gasteiger partial charge in [-0.1, -0.05) is 6.92 Å². The molecule has 0 aliphatic heterocycles. The number of methoxy groups -OCH3 is 1. The van der Waals surface area contributed by atoms with E-state index < -0.39 is 6.10 Å². The first kappa shape index (κ1) is 16.8. The van der Waals surface area contributed by atoms with Gasteiger partial charge in [-0.25, -0.2) is 0 Å². The highest BCUT2D eigenvalue weighted by Crippen LogP contribution is 1.94. The molecular weight excluding hydrogens is 222 g/mol. The van der Waals surface area contributed by atoms with Crippen LogP contribution in [-0.4, -0.2) is 75.9 Å². The van der Waals surface area contributed by atoms with Crippen LogP contribution >= 0.6 is 0 Å². The van der Waals surface area contributed by atoms with E-state index in [1.54, 1.807) is 7.11 Å². The Morgan fingerprint density at radius 3 is 2.47 bits per heavy atom. The van der Waals surface area contributed by atoms with Crippen molar-refractivity contribution < 1.29 is 19.3 Å². The third-order valence-corrected chi connectivity index (χ3v) is 2.41. The zero-order valence-electron chi connectivity index (χ0n) is 11.4. The summed E-state index contributed by atoms with van der Waals surface area (Å²) >= 11 is 0. The van der Waals surface area contributed by atoms with Gasteiger partial charge in [0.25, 0.3) is 0 Å². The predicted octanol–water partition coefficient (Wildman–Crippen LogP) is 0.369. The molecule has 0 fully saturated rings. The first-order valence-electron chi connectivity index (χ1n) is 6.29. The topological polar surface area (TPSA) is 51.2 Å². The van der Waals surface area contributed by atoms with Crippen LogP contribution in [0.3, 0.4) is 0 Å². The van der Waals surface area contributed by atoms with Crippen LogP contribution in [0.5, 0.6) is 0 Å². The summed E-state index contributed by atoms with van der Waals surface area (Å²) < 4.78 is 15.4. The third-order valence-electron chi connectivity index (χ3n) is 2.41. The van der Waals surface area contributed by atoms with Gasteiger partial charge in [-0.3, -0.25) is 4.90 Å². The summed E-state index contributed by atoms with van der Waals surface area (Å²) in [4.78, 5) is 2.15. The molecule has 0 amide bonds. The van der Waals surface area contributed by atoms with E-state index in [0.29, 0.717) is 33.0 Å². The molecule has 0 rings (SSSR count). The molecule has 5 nitrogen and oxygen atoms in total. The SMILES string of the molecule is CCOCCN(CC)CC(O)COCCOC. The molecule has 5 heteroatoms. The molecule has 0 saturated heterocycles. The van der Waals surface area contributed by atoms with Crippen LogP contribution in [-0.2, 0) is 14.2 Å². The summed E-state index contributed by atoms with van der Waals surface area (Å²) in [5, 5.41) is 9.76. The molecule has 0 bridgehead atoms. The number of hydrogen-bond acceptors (Lipinski definition) is 5. The van der Waals surface area contributed by atoms with Crippen molar-refractivity contribution in [2.24, 2.45) is 0 Å². The number of ether oxygens (including phenoxy) is 3. The molecule has 1 atom stereocenters. The molecule has 0 saturated carbocycles. The van der Waals surface area contributed by atoms with Gasteiger partial charge in [0, 0.05) is 26.8 Å². The van der Waals surface area contributed by atoms with Crippen LogP contribution in [0.25, 0.3) is 0 Å². The number of nitrogens with zero attached hydrogens (tertiary/aromatic N) is 1. The predicted molar refractivity (Wildman–Crippen MR) is 67.3 cm³/mol. The van der Waals surface area contributed by atoms with Gasteiger partial charge in [0.05, 0.1) is 32.5 Å². The van der Waals surface area contributed by atoms with Crippen LogP contribution in [0.15, 0.2) is 0 Å². The molecule has 17 heavy (non-hydrogen) atoms. The number of aliphatic hydroxyl groups is 1. The molecule has 0 aromatic heterocycles. The minimum atomic E-state index is -0.451. The highest BCUT2D eigenvalue weighted by Gasteiger charge is 2.10. The first-order chi connectivity index (χ1) is 8.24. The van der Waals surface area contributed by atoms with Crippen molar-refractivity contribution in [1.82, 2.24) is 4.90 Å². The van der Waals surface area contributed by atoms with Crippen LogP contribution in [0.1, 0.15) is 13.8 Å². The molecule has 0 spiro atoms. The minimum Gasteiger partial charge on any atom is -0.389 e. The Morgan fingerprint density at radius 2 is 1.88 bits per heavy atom. The van der Waals surface area contributed by atoms with Gasteiger partial charge in [-0.05, 0) is 13.5 Å². The van der Waals surface area contributed by atoms with Gasteiger partial charge < -0.3 is 19.3 Å². The second-order valence-corrected chi connectivity index (χ2v) is 3.81. The summed E-state index contributed by atoms with van der Waals surface area (Å²) in [7, 11) is 1.63. The maximum Gasteiger partial charge on any atom is 0.0900 e. The number of likely N-dealkylation sites (N-methyl/N-ethyl adjacent to an activating group) is 1. The van der Waals surface area contributed by atoms with E-state index in [1.807, 2.05) is 6.92 Å². The van der Waals surface area contributed by atoms with E-state index in [1.165, 1.54) is 0 Å². The van der Waals surface area contributed by atoms with Crippen molar-refractivity contribution in [2.75, 3.05) is 59.8 Å². The molecule has 0 aliphatic carbocycles. The number of rotatable bonds is 12. The number of hydrogen-bond donors (Lipinski definition) is 1. The van der Waals surface area contributed by atoms with Gasteiger partial charge >= 0.3 is 0 Å². The van der Waals surface area contributed by atoms with Gasteiger partial charge in [0.2, 0.25) is 0 Å². The fourth-order valence-electron chi connectivity index (χ4n) is 1.43. The van der Waals surface area contributed by atoms with E-state index in [2.05, 4.69) is 11.8 Å². The Labute approximate surface area is 105 Å². The highest BCUT2D eigenvalue weighted by atomic mass is 16.5. The molecule has 0 aliphatic rings. The average molecular weight is 249 g/mol. The zero-order valence-corrected chi connectivity index (χ0v) is 11.4. The maximum atomic E-state index is 9.76. The third kappa shape index (κ3) is 10.7. The maximum absolute atomic E-state index is 9.76. The lowest BCUT2D eigenvalue weighted by molar-refractivity contribution is -0.00330. The van der Waals surface area contributed by atoms with E-state index in [-0.39, 0.29) is 0 Å². The summed E-state index contributed by atoms with van der Waals surface area (Å²) in [5.74, 6) is 0. The van der Waals surface area contributed by atoms with Crippen molar-refractivity contribution in [1.29, 1.82) is 0 Å². The van der Waals surface area contributed by atoms with Crippen molar-refractivity contribution in [3.8, 4) is 0 Å². The quantitative estimate of drug-likeness (QED) is 0.506. The lowest BCUT2D eigenvalue weighted by Crippen LogP contribution is -2.37. The lowest BCUT2D eigenvalue weighted by atomic mass is 10.3. The Morgan fingerprint density at radius 1 is 1.12 bits per heavy atom. The average Bonchev–Trinajstić information content (AvgIpc) is 2.33. The summed E-state index contributed by atoms with van der Waals surface area (Å²) in [5.41, 5.74) is 0. The fourth-order valence-corrected chi connectivity index (χ4v) is 1.43. The van der Waals surface area contributed by atoms with Gasteiger partial charge in [-0.15, -0.1) is 0 Å². The smallest absolute Gasteiger partial charge is 0.0900 e. The van der Waals surface area contributed by atoms with Crippen LogP contribution < -0.4 is 0 Å². The van der Waals surface area contributed by atoms with Crippen LogP contribution in [0.4, 0.5) is 0 Å². The molecule has 0 radical (unpaired) electrons. The van der Waals surface area contributed by atoms with E-state index in [4.69, 9.17) is 14.2 Å². The minimum absolute atomic E-state index is 0.356. The molecular formula is C12H27NO4. The lowest BCUT2D eigenvalue weighted by Gasteiger charge is -2.23. The van der Waals surface area contributed by atoms with Crippen molar-refractivity contribution in [3.05, 3.63) is 0 Å². The molecule has 0 aromatic carbocycles. The monoisotopic (exact) mass is 249 g/mol. The standard InChI is InChI=1S/C12H27NO4/c1-4-13(6-7-16-5-2)10-12(14)11-17-9-8-15-3/h12,14H,4-11H2,1-3H3. The van der Waals surface area contributed by atoms with E-state index >= 15 is 0 Å². The van der Waals surface area contributed by atoms with Crippen molar-refractivity contribution in [3.63, 3.8) is 0 Å². The summed E-state index contributed by atoms with van der Waals surface area (Å²) in [6, 6.07) is 0. The Hall–Kier alpha value is -0.200. The normalized spacial score (nSPS) is 13.2. The van der Waals surface area contributed by atoms with Crippen LogP contribution in [0.2, 0.25) is 0 Å². The Kier molecular flexibility index (Phi) is 12.1. The molecule has 0 heterocycles. The van der Waals surface area contributed by atoms with E-state index in [9.17, 15) is 5.11 Å². The Bertz CT molecular complexity index is 157. The largest absolute Gasteiger partial charge is 0.389 e. The molecule has 1 N–H and O–H groups in total. The molecule has 0 aromatic rings.